The average molecular weight is 259 g/mol. The van der Waals surface area contributed by atoms with Gasteiger partial charge in [0, 0.05) is 18.3 Å². The summed E-state index contributed by atoms with van der Waals surface area (Å²) in [5, 5.41) is 4.18. The predicted molar refractivity (Wildman–Crippen MR) is 67.2 cm³/mol. The highest BCUT2D eigenvalue weighted by atomic mass is 16.5. The second-order valence-corrected chi connectivity index (χ2v) is 5.43. The van der Waals surface area contributed by atoms with E-state index in [1.54, 1.807) is 6.20 Å². The lowest BCUT2D eigenvalue weighted by Crippen LogP contribution is -2.24. The van der Waals surface area contributed by atoms with E-state index in [-0.39, 0.29) is 6.04 Å². The highest BCUT2D eigenvalue weighted by Gasteiger charge is 2.34. The van der Waals surface area contributed by atoms with E-state index in [1.807, 2.05) is 6.20 Å². The minimum absolute atomic E-state index is 0.279. The molecule has 1 saturated carbocycles. The zero-order valence-corrected chi connectivity index (χ0v) is 10.7. The van der Waals surface area contributed by atoms with Gasteiger partial charge in [0.25, 0.3) is 0 Å². The van der Waals surface area contributed by atoms with Crippen LogP contribution < -0.4 is 0 Å². The van der Waals surface area contributed by atoms with Crippen molar-refractivity contribution in [3.63, 3.8) is 0 Å². The Balaban J connectivity index is 1.51. The summed E-state index contributed by atoms with van der Waals surface area (Å²) in [5.41, 5.74) is 0. The topological polar surface area (TPSA) is 70.8 Å². The van der Waals surface area contributed by atoms with Crippen molar-refractivity contribution in [1.82, 2.24) is 25.0 Å². The van der Waals surface area contributed by atoms with Gasteiger partial charge in [0.2, 0.25) is 5.89 Å². The van der Waals surface area contributed by atoms with Gasteiger partial charge in [-0.1, -0.05) is 5.16 Å². The Bertz CT molecular complexity index is 545. The number of nitrogens with one attached hydrogen (secondary N) is 1. The van der Waals surface area contributed by atoms with E-state index in [1.165, 1.54) is 19.3 Å². The molecule has 0 amide bonds. The summed E-state index contributed by atoms with van der Waals surface area (Å²) in [6, 6.07) is 0.279. The number of imidazole rings is 1. The molecule has 100 valence electrons. The molecule has 6 nitrogen and oxygen atoms in total. The van der Waals surface area contributed by atoms with Crippen molar-refractivity contribution in [3.8, 4) is 0 Å². The molecular formula is C13H17N5O. The molecule has 3 heterocycles. The maximum absolute atomic E-state index is 5.37. The van der Waals surface area contributed by atoms with Crippen LogP contribution in [0.15, 0.2) is 16.9 Å². The summed E-state index contributed by atoms with van der Waals surface area (Å²) in [4.78, 5) is 14.4. The summed E-state index contributed by atoms with van der Waals surface area (Å²) >= 11 is 0. The van der Waals surface area contributed by atoms with Crippen molar-refractivity contribution in [2.45, 2.75) is 44.2 Å². The third kappa shape index (κ3) is 2.16. The van der Waals surface area contributed by atoms with Gasteiger partial charge in [-0.05, 0) is 32.2 Å². The van der Waals surface area contributed by atoms with Crippen molar-refractivity contribution >= 4 is 0 Å². The smallest absolute Gasteiger partial charge is 0.229 e. The third-order valence-corrected chi connectivity index (χ3v) is 3.95. The highest BCUT2D eigenvalue weighted by Crippen LogP contribution is 2.40. The zero-order valence-electron chi connectivity index (χ0n) is 10.7. The summed E-state index contributed by atoms with van der Waals surface area (Å²) < 4.78 is 5.37. The highest BCUT2D eigenvalue weighted by molar-refractivity contribution is 5.05. The first-order valence-electron chi connectivity index (χ1n) is 6.96. The summed E-state index contributed by atoms with van der Waals surface area (Å²) in [7, 11) is 0. The molecule has 2 aromatic rings. The molecule has 0 spiro atoms. The molecule has 4 rings (SSSR count). The van der Waals surface area contributed by atoms with E-state index >= 15 is 0 Å². The van der Waals surface area contributed by atoms with Crippen LogP contribution in [0.3, 0.4) is 0 Å². The fourth-order valence-corrected chi connectivity index (χ4v) is 2.76. The molecule has 1 aliphatic carbocycles. The zero-order chi connectivity index (χ0) is 12.7. The normalized spacial score (nSPS) is 24.1. The molecule has 2 aliphatic rings. The SMILES string of the molecule is c1c[nH]c(CN2CCCC2c2noc(C3CC3)n2)n1. The van der Waals surface area contributed by atoms with Crippen LogP contribution in [-0.2, 0) is 6.54 Å². The number of aromatic amines is 1. The van der Waals surface area contributed by atoms with Gasteiger partial charge in [0.1, 0.15) is 5.82 Å². The summed E-state index contributed by atoms with van der Waals surface area (Å²) in [6.07, 6.45) is 8.33. The Kier molecular flexibility index (Phi) is 2.61. The molecule has 0 radical (unpaired) electrons. The number of aromatic nitrogens is 4. The minimum atomic E-state index is 0.279. The van der Waals surface area contributed by atoms with Gasteiger partial charge in [-0.2, -0.15) is 4.98 Å². The standard InChI is InChI=1S/C13H17N5O/c1-2-10(12-16-13(19-17-12)9-3-4-9)18(7-1)8-11-14-5-6-15-11/h5-6,9-10H,1-4,7-8H2,(H,14,15). The fourth-order valence-electron chi connectivity index (χ4n) is 2.76. The van der Waals surface area contributed by atoms with E-state index < -0.39 is 0 Å². The lowest BCUT2D eigenvalue weighted by molar-refractivity contribution is 0.229. The quantitative estimate of drug-likeness (QED) is 0.909. The van der Waals surface area contributed by atoms with Crippen LogP contribution in [-0.4, -0.2) is 31.6 Å². The molecule has 0 bridgehead atoms. The summed E-state index contributed by atoms with van der Waals surface area (Å²) in [5.74, 6) is 3.21. The first-order chi connectivity index (χ1) is 9.40. The first-order valence-corrected chi connectivity index (χ1v) is 6.96. The number of H-pyrrole nitrogens is 1. The Hall–Kier alpha value is -1.69. The van der Waals surface area contributed by atoms with Crippen molar-refractivity contribution in [2.75, 3.05) is 6.54 Å². The Morgan fingerprint density at radius 1 is 1.37 bits per heavy atom. The lowest BCUT2D eigenvalue weighted by Gasteiger charge is -2.20. The average Bonchev–Trinajstić information content (AvgIpc) is 2.89. The van der Waals surface area contributed by atoms with Gasteiger partial charge < -0.3 is 9.51 Å². The van der Waals surface area contributed by atoms with Crippen LogP contribution >= 0.6 is 0 Å². The van der Waals surface area contributed by atoms with Crippen LogP contribution in [0.4, 0.5) is 0 Å². The number of rotatable bonds is 4. The van der Waals surface area contributed by atoms with Gasteiger partial charge in [-0.25, -0.2) is 4.98 Å². The molecule has 2 aromatic heterocycles. The predicted octanol–water partition coefficient (Wildman–Crippen LogP) is 2.01. The minimum Gasteiger partial charge on any atom is -0.348 e. The molecule has 1 atom stereocenters. The molecular weight excluding hydrogens is 242 g/mol. The van der Waals surface area contributed by atoms with Gasteiger partial charge in [0.05, 0.1) is 12.6 Å². The van der Waals surface area contributed by atoms with E-state index in [2.05, 4.69) is 25.0 Å². The Morgan fingerprint density at radius 3 is 3.11 bits per heavy atom. The number of likely N-dealkylation sites (tertiary alicyclic amines) is 1. The van der Waals surface area contributed by atoms with Crippen LogP contribution in [0, 0.1) is 0 Å². The molecule has 1 aliphatic heterocycles. The van der Waals surface area contributed by atoms with E-state index in [9.17, 15) is 0 Å². The molecule has 1 unspecified atom stereocenters. The van der Waals surface area contributed by atoms with Crippen LogP contribution in [0.5, 0.6) is 0 Å². The lowest BCUT2D eigenvalue weighted by atomic mass is 10.2. The maximum atomic E-state index is 5.37. The van der Waals surface area contributed by atoms with Crippen molar-refractivity contribution < 1.29 is 4.52 Å². The van der Waals surface area contributed by atoms with E-state index in [0.717, 1.165) is 37.0 Å². The van der Waals surface area contributed by atoms with Crippen molar-refractivity contribution in [3.05, 3.63) is 29.9 Å². The number of nitrogens with zero attached hydrogens (tertiary/aromatic N) is 4. The van der Waals surface area contributed by atoms with Gasteiger partial charge in [0.15, 0.2) is 5.82 Å². The van der Waals surface area contributed by atoms with Crippen molar-refractivity contribution in [1.29, 1.82) is 0 Å². The van der Waals surface area contributed by atoms with Gasteiger partial charge in [-0.3, -0.25) is 4.90 Å². The van der Waals surface area contributed by atoms with E-state index in [0.29, 0.717) is 5.92 Å². The molecule has 1 saturated heterocycles. The molecule has 1 N–H and O–H groups in total. The molecule has 19 heavy (non-hydrogen) atoms. The van der Waals surface area contributed by atoms with Crippen molar-refractivity contribution in [2.24, 2.45) is 0 Å². The van der Waals surface area contributed by atoms with Crippen LogP contribution in [0.1, 0.15) is 55.2 Å². The molecule has 6 heteroatoms. The maximum Gasteiger partial charge on any atom is 0.229 e. The third-order valence-electron chi connectivity index (χ3n) is 3.95. The second-order valence-electron chi connectivity index (χ2n) is 5.43. The number of hydrogen-bond donors (Lipinski definition) is 1. The van der Waals surface area contributed by atoms with Crippen LogP contribution in [0.2, 0.25) is 0 Å². The number of hydrogen-bond acceptors (Lipinski definition) is 5. The Morgan fingerprint density at radius 2 is 2.32 bits per heavy atom. The largest absolute Gasteiger partial charge is 0.348 e. The molecule has 0 aromatic carbocycles. The van der Waals surface area contributed by atoms with Gasteiger partial charge in [-0.15, -0.1) is 0 Å². The monoisotopic (exact) mass is 259 g/mol. The molecule has 2 fully saturated rings. The van der Waals surface area contributed by atoms with Crippen LogP contribution in [0.25, 0.3) is 0 Å². The first kappa shape index (κ1) is 11.2. The fraction of sp³-hybridized carbons (Fsp3) is 0.615. The second kappa shape index (κ2) is 4.45. The van der Waals surface area contributed by atoms with E-state index in [4.69, 9.17) is 4.52 Å². The Labute approximate surface area is 111 Å². The van der Waals surface area contributed by atoms with Gasteiger partial charge >= 0.3 is 0 Å². The summed E-state index contributed by atoms with van der Waals surface area (Å²) in [6.45, 7) is 1.89.